The molecule has 1 rings (SSSR count). The molecule has 80 valence electrons. The van der Waals surface area contributed by atoms with Crippen LogP contribution in [-0.2, 0) is 11.3 Å². The molecule has 3 N–H and O–H groups in total. The molecule has 0 aliphatic rings. The Hall–Kier alpha value is -1.34. The molecule has 0 aromatic carbocycles. The highest BCUT2D eigenvalue weighted by Crippen LogP contribution is 1.69. The van der Waals surface area contributed by atoms with Crippen LogP contribution in [0.1, 0.15) is 0 Å². The van der Waals surface area contributed by atoms with Gasteiger partial charge in [-0.05, 0) is 0 Å². The van der Waals surface area contributed by atoms with Crippen molar-refractivity contribution in [2.75, 3.05) is 26.8 Å². The molecule has 0 aliphatic heterocycles. The van der Waals surface area contributed by atoms with Crippen LogP contribution in [0, 0.1) is 0 Å². The summed E-state index contributed by atoms with van der Waals surface area (Å²) in [7, 11) is 1.61. The van der Waals surface area contributed by atoms with Crippen LogP contribution < -0.4 is 16.7 Å². The van der Waals surface area contributed by atoms with Crippen molar-refractivity contribution in [3.63, 3.8) is 0 Å². The fraction of sp³-hybridized carbons (Fsp3) is 0.714. The Morgan fingerprint density at radius 3 is 2.50 bits per heavy atom. The predicted octanol–water partition coefficient (Wildman–Crippen LogP) is -1.90. The van der Waals surface area contributed by atoms with Crippen molar-refractivity contribution in [2.24, 2.45) is 0 Å². The molecule has 0 saturated heterocycles. The Morgan fingerprint density at radius 2 is 1.93 bits per heavy atom. The molecule has 14 heavy (non-hydrogen) atoms. The highest BCUT2D eigenvalue weighted by atomic mass is 16.5. The molecule has 1 heterocycles. The van der Waals surface area contributed by atoms with E-state index in [-0.39, 0.29) is 0 Å². The lowest BCUT2D eigenvalue weighted by atomic mass is 10.5. The van der Waals surface area contributed by atoms with E-state index in [4.69, 9.17) is 4.74 Å². The first-order valence-corrected chi connectivity index (χ1v) is 4.33. The molecule has 0 spiro atoms. The molecule has 7 heteroatoms. The standard InChI is InChI=1S/C7H14N4O3/c1-14-5-3-8-2-4-11-6(12)9-10-7(11)13/h8H,2-5H2,1H3,(H,9,12)(H,10,13). The number of nitrogens with one attached hydrogen (secondary N) is 3. The maximum absolute atomic E-state index is 11.0. The molecular formula is C7H14N4O3. The van der Waals surface area contributed by atoms with Crippen LogP contribution in [0.2, 0.25) is 0 Å². The van der Waals surface area contributed by atoms with Gasteiger partial charge in [0.1, 0.15) is 0 Å². The van der Waals surface area contributed by atoms with Crippen molar-refractivity contribution < 1.29 is 4.74 Å². The smallest absolute Gasteiger partial charge is 0.344 e. The van der Waals surface area contributed by atoms with E-state index in [2.05, 4.69) is 15.5 Å². The minimum atomic E-state index is -0.413. The van der Waals surface area contributed by atoms with Crippen LogP contribution in [0.15, 0.2) is 9.59 Å². The largest absolute Gasteiger partial charge is 0.383 e. The number of aromatic nitrogens is 3. The fourth-order valence-corrected chi connectivity index (χ4v) is 1.03. The number of methoxy groups -OCH3 is 1. The summed E-state index contributed by atoms with van der Waals surface area (Å²) in [5, 5.41) is 7.44. The topological polar surface area (TPSA) is 91.9 Å². The van der Waals surface area contributed by atoms with Gasteiger partial charge in [-0.2, -0.15) is 0 Å². The average molecular weight is 202 g/mol. The van der Waals surface area contributed by atoms with Crippen molar-refractivity contribution in [3.05, 3.63) is 21.0 Å². The molecule has 0 fully saturated rings. The molecule has 7 nitrogen and oxygen atoms in total. The van der Waals surface area contributed by atoms with Crippen molar-refractivity contribution in [3.8, 4) is 0 Å². The molecule has 0 atom stereocenters. The van der Waals surface area contributed by atoms with E-state index in [9.17, 15) is 9.59 Å². The molecule has 0 amide bonds. The van der Waals surface area contributed by atoms with Crippen LogP contribution >= 0.6 is 0 Å². The van der Waals surface area contributed by atoms with Gasteiger partial charge < -0.3 is 10.1 Å². The normalized spacial score (nSPS) is 10.6. The summed E-state index contributed by atoms with van der Waals surface area (Å²) in [4.78, 5) is 22.0. The van der Waals surface area contributed by atoms with E-state index in [1.54, 1.807) is 7.11 Å². The van der Waals surface area contributed by atoms with E-state index < -0.39 is 11.4 Å². The maximum Gasteiger partial charge on any atom is 0.344 e. The lowest BCUT2D eigenvalue weighted by molar-refractivity contribution is 0.199. The third kappa shape index (κ3) is 2.86. The van der Waals surface area contributed by atoms with Gasteiger partial charge in [-0.1, -0.05) is 0 Å². The van der Waals surface area contributed by atoms with Gasteiger partial charge in [-0.15, -0.1) is 0 Å². The molecule has 0 aliphatic carbocycles. The summed E-state index contributed by atoms with van der Waals surface area (Å²) in [6.07, 6.45) is 0. The molecule has 0 bridgehead atoms. The van der Waals surface area contributed by atoms with Crippen molar-refractivity contribution in [1.29, 1.82) is 0 Å². The first kappa shape index (κ1) is 10.7. The molecular weight excluding hydrogens is 188 g/mol. The minimum Gasteiger partial charge on any atom is -0.383 e. The zero-order valence-electron chi connectivity index (χ0n) is 8.00. The molecule has 0 unspecified atom stereocenters. The predicted molar refractivity (Wildman–Crippen MR) is 50.4 cm³/mol. The van der Waals surface area contributed by atoms with Gasteiger partial charge in [0.25, 0.3) is 0 Å². The Kier molecular flexibility index (Phi) is 4.14. The first-order chi connectivity index (χ1) is 6.75. The van der Waals surface area contributed by atoms with E-state index in [1.165, 1.54) is 0 Å². The molecule has 1 aromatic rings. The van der Waals surface area contributed by atoms with Gasteiger partial charge in [0, 0.05) is 26.7 Å². The number of rotatable bonds is 6. The number of ether oxygens (including phenoxy) is 1. The molecule has 0 saturated carbocycles. The number of H-pyrrole nitrogens is 2. The number of aromatic amines is 2. The second kappa shape index (κ2) is 5.40. The second-order valence-corrected chi connectivity index (χ2v) is 2.75. The summed E-state index contributed by atoms with van der Waals surface area (Å²) in [5.41, 5.74) is -0.827. The monoisotopic (exact) mass is 202 g/mol. The lowest BCUT2D eigenvalue weighted by Crippen LogP contribution is -2.32. The van der Waals surface area contributed by atoms with Gasteiger partial charge >= 0.3 is 11.4 Å². The van der Waals surface area contributed by atoms with Gasteiger partial charge in [0.05, 0.1) is 6.61 Å². The third-order valence-electron chi connectivity index (χ3n) is 1.76. The SMILES string of the molecule is COCCNCCn1c(=O)[nH][nH]c1=O. The Balaban J connectivity index is 2.32. The first-order valence-electron chi connectivity index (χ1n) is 4.33. The quantitative estimate of drug-likeness (QED) is 0.470. The third-order valence-corrected chi connectivity index (χ3v) is 1.76. The summed E-state index contributed by atoms with van der Waals surface area (Å²) in [6.45, 7) is 2.22. The van der Waals surface area contributed by atoms with Crippen molar-refractivity contribution >= 4 is 0 Å². The van der Waals surface area contributed by atoms with E-state index in [0.29, 0.717) is 26.2 Å². The van der Waals surface area contributed by atoms with Gasteiger partial charge in [0.2, 0.25) is 0 Å². The number of hydrogen-bond acceptors (Lipinski definition) is 4. The molecule has 1 aromatic heterocycles. The van der Waals surface area contributed by atoms with Crippen LogP contribution in [0.25, 0.3) is 0 Å². The van der Waals surface area contributed by atoms with Crippen LogP contribution in [0.4, 0.5) is 0 Å². The summed E-state index contributed by atoms with van der Waals surface area (Å²) < 4.78 is 5.92. The van der Waals surface area contributed by atoms with E-state index in [1.807, 2.05) is 0 Å². The Bertz CT molecular complexity index is 336. The zero-order valence-corrected chi connectivity index (χ0v) is 8.00. The van der Waals surface area contributed by atoms with Crippen LogP contribution in [0.5, 0.6) is 0 Å². The van der Waals surface area contributed by atoms with Crippen molar-refractivity contribution in [1.82, 2.24) is 20.1 Å². The fourth-order valence-electron chi connectivity index (χ4n) is 1.03. The van der Waals surface area contributed by atoms with Crippen molar-refractivity contribution in [2.45, 2.75) is 6.54 Å². The minimum absolute atomic E-state index is 0.349. The summed E-state index contributed by atoms with van der Waals surface area (Å²) in [5.74, 6) is 0. The maximum atomic E-state index is 11.0. The van der Waals surface area contributed by atoms with Gasteiger partial charge in [0.15, 0.2) is 0 Å². The molecule has 0 radical (unpaired) electrons. The summed E-state index contributed by atoms with van der Waals surface area (Å²) in [6, 6.07) is 0. The highest BCUT2D eigenvalue weighted by Gasteiger charge is 2.00. The average Bonchev–Trinajstić information content (AvgIpc) is 2.48. The van der Waals surface area contributed by atoms with Gasteiger partial charge in [-0.25, -0.2) is 24.4 Å². The summed E-state index contributed by atoms with van der Waals surface area (Å²) >= 11 is 0. The Labute approximate surface area is 80.1 Å². The van der Waals surface area contributed by atoms with E-state index >= 15 is 0 Å². The second-order valence-electron chi connectivity index (χ2n) is 2.75. The van der Waals surface area contributed by atoms with Gasteiger partial charge in [-0.3, -0.25) is 0 Å². The zero-order chi connectivity index (χ0) is 10.4. The van der Waals surface area contributed by atoms with E-state index in [0.717, 1.165) is 4.57 Å². The Morgan fingerprint density at radius 1 is 1.29 bits per heavy atom. The van der Waals surface area contributed by atoms with Crippen LogP contribution in [-0.4, -0.2) is 41.6 Å². The lowest BCUT2D eigenvalue weighted by Gasteiger charge is -2.02. The highest BCUT2D eigenvalue weighted by molar-refractivity contribution is 4.65. The number of nitrogens with zero attached hydrogens (tertiary/aromatic N) is 1. The number of hydrogen-bond donors (Lipinski definition) is 3. The van der Waals surface area contributed by atoms with Crippen LogP contribution in [0.3, 0.4) is 0 Å².